The summed E-state index contributed by atoms with van der Waals surface area (Å²) >= 11 is 3.53. The van der Waals surface area contributed by atoms with E-state index in [9.17, 15) is 4.79 Å². The molecule has 1 amide bonds. The number of amides is 1. The van der Waals surface area contributed by atoms with Crippen LogP contribution in [-0.2, 0) is 9.53 Å². The maximum absolute atomic E-state index is 10.0. The van der Waals surface area contributed by atoms with E-state index in [-0.39, 0.29) is 0 Å². The molecule has 0 N–H and O–H groups in total. The highest BCUT2D eigenvalue weighted by atomic mass is 32.1. The fraction of sp³-hybridized carbons (Fsp3) is 0.833. The molecule has 4 heteroatoms. The fourth-order valence-electron chi connectivity index (χ4n) is 0.683. The molecule has 0 aromatic heterocycles. The molecular formula is C6H13NO2S. The maximum atomic E-state index is 10.0. The van der Waals surface area contributed by atoms with E-state index in [2.05, 4.69) is 12.6 Å². The van der Waals surface area contributed by atoms with E-state index in [0.29, 0.717) is 13.2 Å². The van der Waals surface area contributed by atoms with Gasteiger partial charge in [0, 0.05) is 13.1 Å². The van der Waals surface area contributed by atoms with Crippen LogP contribution in [0.15, 0.2) is 0 Å². The number of carbonyl (C=O) groups excluding carboxylic acids is 1. The van der Waals surface area contributed by atoms with Gasteiger partial charge in [-0.1, -0.05) is 0 Å². The summed E-state index contributed by atoms with van der Waals surface area (Å²) in [7, 11) is 0. The Kier molecular flexibility index (Phi) is 6.74. The van der Waals surface area contributed by atoms with Gasteiger partial charge in [0.2, 0.25) is 6.41 Å². The van der Waals surface area contributed by atoms with E-state index in [0.717, 1.165) is 19.5 Å². The van der Waals surface area contributed by atoms with Crippen LogP contribution in [0.25, 0.3) is 0 Å². The van der Waals surface area contributed by atoms with Gasteiger partial charge < -0.3 is 9.64 Å². The topological polar surface area (TPSA) is 29.5 Å². The molecule has 1 heterocycles. The Labute approximate surface area is 66.8 Å². The molecule has 10 heavy (non-hydrogen) atoms. The lowest BCUT2D eigenvalue weighted by Gasteiger charge is -2.21. The highest BCUT2D eigenvalue weighted by Crippen LogP contribution is 1.90. The van der Waals surface area contributed by atoms with E-state index < -0.39 is 0 Å². The minimum absolute atomic E-state index is 0.693. The van der Waals surface area contributed by atoms with Crippen molar-refractivity contribution in [2.24, 2.45) is 0 Å². The summed E-state index contributed by atoms with van der Waals surface area (Å²) in [6.45, 7) is 2.89. The quantitative estimate of drug-likeness (QED) is 0.436. The van der Waals surface area contributed by atoms with Crippen LogP contribution >= 0.6 is 12.6 Å². The summed E-state index contributed by atoms with van der Waals surface area (Å²) in [5, 5.41) is 0. The van der Waals surface area contributed by atoms with E-state index >= 15 is 0 Å². The van der Waals surface area contributed by atoms with E-state index in [1.807, 2.05) is 0 Å². The number of nitrogens with zero attached hydrogens (tertiary/aromatic N) is 1. The van der Waals surface area contributed by atoms with Crippen LogP contribution in [0.1, 0.15) is 0 Å². The van der Waals surface area contributed by atoms with Gasteiger partial charge in [-0.15, -0.1) is 0 Å². The normalized spacial score (nSPS) is 17.2. The van der Waals surface area contributed by atoms with Crippen LogP contribution in [0.5, 0.6) is 0 Å². The van der Waals surface area contributed by atoms with Gasteiger partial charge in [-0.3, -0.25) is 4.79 Å². The van der Waals surface area contributed by atoms with Gasteiger partial charge in [-0.25, -0.2) is 0 Å². The summed E-state index contributed by atoms with van der Waals surface area (Å²) in [6.07, 6.45) is 2.56. The van der Waals surface area contributed by atoms with Crippen molar-refractivity contribution in [2.75, 3.05) is 32.6 Å². The summed E-state index contributed by atoms with van der Waals surface area (Å²) in [5.74, 6) is 0. The molecule has 0 spiro atoms. The molecule has 0 aromatic carbocycles. The molecule has 0 aromatic rings. The largest absolute Gasteiger partial charge is 0.378 e. The van der Waals surface area contributed by atoms with Gasteiger partial charge in [0.15, 0.2) is 0 Å². The third-order valence-electron chi connectivity index (χ3n) is 1.19. The van der Waals surface area contributed by atoms with E-state index in [4.69, 9.17) is 4.74 Å². The van der Waals surface area contributed by atoms with Crippen molar-refractivity contribution in [3.05, 3.63) is 0 Å². The van der Waals surface area contributed by atoms with E-state index in [1.54, 1.807) is 11.2 Å². The Morgan fingerprint density at radius 1 is 1.40 bits per heavy atom. The monoisotopic (exact) mass is 163 g/mol. The van der Waals surface area contributed by atoms with Gasteiger partial charge in [0.1, 0.15) is 0 Å². The summed E-state index contributed by atoms with van der Waals surface area (Å²) in [4.78, 5) is 11.7. The minimum atomic E-state index is 0.693. The molecule has 0 aliphatic carbocycles. The zero-order valence-corrected chi connectivity index (χ0v) is 7.01. The Bertz CT molecular complexity index is 83.8. The molecule has 1 aliphatic heterocycles. The molecular weight excluding hydrogens is 150 g/mol. The van der Waals surface area contributed by atoms with Gasteiger partial charge >= 0.3 is 0 Å². The summed E-state index contributed by atoms with van der Waals surface area (Å²) in [6, 6.07) is 0. The van der Waals surface area contributed by atoms with E-state index in [1.165, 1.54) is 0 Å². The fourth-order valence-corrected chi connectivity index (χ4v) is 0.683. The van der Waals surface area contributed by atoms with Gasteiger partial charge in [-0.05, 0) is 6.26 Å². The molecule has 60 valence electrons. The molecule has 1 rings (SSSR count). The van der Waals surface area contributed by atoms with Crippen molar-refractivity contribution in [3.8, 4) is 0 Å². The Balaban J connectivity index is 0.000000371. The summed E-state index contributed by atoms with van der Waals surface area (Å²) in [5.41, 5.74) is 0. The lowest BCUT2D eigenvalue weighted by atomic mass is 10.5. The second-order valence-corrected chi connectivity index (χ2v) is 1.75. The number of morpholine rings is 1. The van der Waals surface area contributed by atoms with Crippen LogP contribution in [0.2, 0.25) is 0 Å². The number of carbonyl (C=O) groups is 1. The highest BCUT2D eigenvalue weighted by Gasteiger charge is 2.05. The van der Waals surface area contributed by atoms with Crippen LogP contribution in [0.4, 0.5) is 0 Å². The molecule has 0 unspecified atom stereocenters. The molecule has 0 radical (unpaired) electrons. The average molecular weight is 163 g/mol. The van der Waals surface area contributed by atoms with Gasteiger partial charge in [0.05, 0.1) is 13.2 Å². The second-order valence-electron chi connectivity index (χ2n) is 1.75. The van der Waals surface area contributed by atoms with Crippen LogP contribution < -0.4 is 0 Å². The lowest BCUT2D eigenvalue weighted by Crippen LogP contribution is -2.34. The van der Waals surface area contributed by atoms with Crippen molar-refractivity contribution in [3.63, 3.8) is 0 Å². The van der Waals surface area contributed by atoms with Crippen molar-refractivity contribution >= 4 is 19.0 Å². The summed E-state index contributed by atoms with van der Waals surface area (Å²) < 4.78 is 5.00. The number of hydrogen-bond donors (Lipinski definition) is 1. The number of ether oxygens (including phenoxy) is 1. The minimum Gasteiger partial charge on any atom is -0.378 e. The van der Waals surface area contributed by atoms with Crippen LogP contribution in [0, 0.1) is 0 Å². The van der Waals surface area contributed by atoms with Crippen LogP contribution in [0.3, 0.4) is 0 Å². The third kappa shape index (κ3) is 3.74. The number of thiol groups is 1. The first-order chi connectivity index (χ1) is 4.93. The van der Waals surface area contributed by atoms with Gasteiger partial charge in [-0.2, -0.15) is 12.6 Å². The van der Waals surface area contributed by atoms with Crippen molar-refractivity contribution in [1.82, 2.24) is 4.90 Å². The lowest BCUT2D eigenvalue weighted by molar-refractivity contribution is -0.121. The molecule has 1 aliphatic rings. The standard InChI is InChI=1S/C5H9NO2.CH4S/c7-5-6-1-3-8-4-2-6;1-2/h5H,1-4H2;2H,1H3. The zero-order valence-electron chi connectivity index (χ0n) is 6.12. The smallest absolute Gasteiger partial charge is 0.209 e. The second kappa shape index (κ2) is 6.89. The highest BCUT2D eigenvalue weighted by molar-refractivity contribution is 7.79. The average Bonchev–Trinajstić information content (AvgIpc) is 2.10. The first-order valence-electron chi connectivity index (χ1n) is 3.15. The first kappa shape index (κ1) is 9.78. The van der Waals surface area contributed by atoms with Crippen molar-refractivity contribution < 1.29 is 9.53 Å². The Morgan fingerprint density at radius 2 is 1.90 bits per heavy atom. The van der Waals surface area contributed by atoms with Gasteiger partial charge in [0.25, 0.3) is 0 Å². The molecule has 1 fully saturated rings. The number of rotatable bonds is 1. The molecule has 3 nitrogen and oxygen atoms in total. The predicted molar refractivity (Wildman–Crippen MR) is 43.4 cm³/mol. The zero-order chi connectivity index (χ0) is 7.82. The Hall–Kier alpha value is -0.220. The first-order valence-corrected chi connectivity index (χ1v) is 4.05. The SMILES string of the molecule is CS.O=CN1CCOCC1. The molecule has 0 bridgehead atoms. The predicted octanol–water partition coefficient (Wildman–Crippen LogP) is 0.0210. The molecule has 0 saturated carbocycles. The molecule has 0 atom stereocenters. The number of hydrogen-bond acceptors (Lipinski definition) is 3. The maximum Gasteiger partial charge on any atom is 0.209 e. The van der Waals surface area contributed by atoms with Crippen molar-refractivity contribution in [1.29, 1.82) is 0 Å². The third-order valence-corrected chi connectivity index (χ3v) is 1.19. The van der Waals surface area contributed by atoms with Crippen LogP contribution in [-0.4, -0.2) is 43.9 Å². The Morgan fingerprint density at radius 3 is 2.20 bits per heavy atom. The molecule has 1 saturated heterocycles. The van der Waals surface area contributed by atoms with Crippen molar-refractivity contribution in [2.45, 2.75) is 0 Å².